The Morgan fingerprint density at radius 3 is 3.20 bits per heavy atom. The molecule has 2 unspecified atom stereocenters. The molecule has 1 aliphatic rings. The summed E-state index contributed by atoms with van der Waals surface area (Å²) in [7, 11) is 0. The van der Waals surface area contributed by atoms with E-state index in [2.05, 4.69) is 21.4 Å². The summed E-state index contributed by atoms with van der Waals surface area (Å²) in [6.45, 7) is 4.00. The molecular weight excluding hydrogens is 270 g/mol. The number of nitrogens with one attached hydrogen (secondary N) is 2. The number of aromatic nitrogens is 2. The third-order valence-electron chi connectivity index (χ3n) is 3.86. The molecule has 4 nitrogen and oxygen atoms in total. The zero-order chi connectivity index (χ0) is 14.1. The molecule has 0 radical (unpaired) electrons. The Balaban J connectivity index is 1.64. The van der Waals surface area contributed by atoms with Gasteiger partial charge in [0.15, 0.2) is 0 Å². The molecular formula is C15H19N3OS. The molecule has 2 N–H and O–H groups in total. The average molecular weight is 289 g/mol. The second kappa shape index (κ2) is 5.40. The number of fused-ring (bicyclic) bond motifs is 1. The fourth-order valence-corrected chi connectivity index (χ4v) is 3.52. The van der Waals surface area contributed by atoms with Crippen molar-refractivity contribution in [2.24, 2.45) is 5.92 Å². The third kappa shape index (κ3) is 2.63. The van der Waals surface area contributed by atoms with Crippen LogP contribution in [0.25, 0.3) is 0 Å². The number of imidazole rings is 1. The number of hydrogen-bond donors (Lipinski definition) is 2. The van der Waals surface area contributed by atoms with Crippen LogP contribution in [0.2, 0.25) is 0 Å². The molecule has 0 saturated carbocycles. The van der Waals surface area contributed by atoms with Crippen LogP contribution in [0.5, 0.6) is 0 Å². The molecule has 2 atom stereocenters. The summed E-state index contributed by atoms with van der Waals surface area (Å²) in [4.78, 5) is 21.3. The van der Waals surface area contributed by atoms with E-state index in [1.807, 2.05) is 25.3 Å². The van der Waals surface area contributed by atoms with Crippen LogP contribution < -0.4 is 5.32 Å². The van der Waals surface area contributed by atoms with Gasteiger partial charge in [-0.2, -0.15) is 0 Å². The van der Waals surface area contributed by atoms with E-state index in [0.717, 1.165) is 36.5 Å². The van der Waals surface area contributed by atoms with Gasteiger partial charge in [-0.15, -0.1) is 11.3 Å². The van der Waals surface area contributed by atoms with E-state index in [1.165, 1.54) is 4.88 Å². The first-order chi connectivity index (χ1) is 9.63. The van der Waals surface area contributed by atoms with Gasteiger partial charge >= 0.3 is 0 Å². The Bertz CT molecular complexity index is 603. The predicted molar refractivity (Wildman–Crippen MR) is 79.7 cm³/mol. The number of amides is 1. The Hall–Kier alpha value is -1.62. The fourth-order valence-electron chi connectivity index (χ4n) is 2.79. The quantitative estimate of drug-likeness (QED) is 0.913. The number of carbonyl (C=O) groups excluding carboxylic acids is 1. The standard InChI is InChI=1S/C15H19N3OS/c1-9(14-4-3-7-20-14)16-15(19)11-5-6-12-13(8-11)18-10(2)17-12/h3-4,7,9,11H,5-6,8H2,1-2H3,(H,16,19)(H,17,18). The molecule has 1 aliphatic carbocycles. The van der Waals surface area contributed by atoms with Gasteiger partial charge < -0.3 is 10.3 Å². The maximum absolute atomic E-state index is 12.4. The third-order valence-corrected chi connectivity index (χ3v) is 4.92. The Labute approximate surface area is 122 Å². The van der Waals surface area contributed by atoms with Crippen molar-refractivity contribution in [1.82, 2.24) is 15.3 Å². The van der Waals surface area contributed by atoms with Crippen molar-refractivity contribution in [2.75, 3.05) is 0 Å². The zero-order valence-electron chi connectivity index (χ0n) is 11.8. The minimum Gasteiger partial charge on any atom is -0.349 e. The maximum Gasteiger partial charge on any atom is 0.224 e. The molecule has 3 rings (SSSR count). The fraction of sp³-hybridized carbons (Fsp3) is 0.467. The number of rotatable bonds is 3. The molecule has 0 aromatic carbocycles. The van der Waals surface area contributed by atoms with Gasteiger partial charge in [0.1, 0.15) is 5.82 Å². The highest BCUT2D eigenvalue weighted by Crippen LogP contribution is 2.25. The maximum atomic E-state index is 12.4. The summed E-state index contributed by atoms with van der Waals surface area (Å²) in [5.41, 5.74) is 2.27. The van der Waals surface area contributed by atoms with E-state index >= 15 is 0 Å². The monoisotopic (exact) mass is 289 g/mol. The molecule has 2 aromatic rings. The topological polar surface area (TPSA) is 57.8 Å². The number of aryl methyl sites for hydroxylation is 2. The highest BCUT2D eigenvalue weighted by atomic mass is 32.1. The molecule has 0 fully saturated rings. The van der Waals surface area contributed by atoms with Gasteiger partial charge in [0.25, 0.3) is 0 Å². The van der Waals surface area contributed by atoms with Crippen LogP contribution in [0.4, 0.5) is 0 Å². The van der Waals surface area contributed by atoms with Crippen molar-refractivity contribution in [1.29, 1.82) is 0 Å². The van der Waals surface area contributed by atoms with Gasteiger partial charge in [0, 0.05) is 22.9 Å². The summed E-state index contributed by atoms with van der Waals surface area (Å²) in [6, 6.07) is 4.17. The van der Waals surface area contributed by atoms with Gasteiger partial charge in [-0.3, -0.25) is 4.79 Å². The second-order valence-electron chi connectivity index (χ2n) is 5.43. The van der Waals surface area contributed by atoms with E-state index in [4.69, 9.17) is 0 Å². The van der Waals surface area contributed by atoms with Crippen LogP contribution in [0.3, 0.4) is 0 Å². The molecule has 0 aliphatic heterocycles. The predicted octanol–water partition coefficient (Wildman–Crippen LogP) is 2.76. The van der Waals surface area contributed by atoms with Crippen LogP contribution in [-0.4, -0.2) is 15.9 Å². The molecule has 106 valence electrons. The van der Waals surface area contributed by atoms with Gasteiger partial charge in [-0.1, -0.05) is 6.07 Å². The molecule has 0 bridgehead atoms. The first-order valence-electron chi connectivity index (χ1n) is 7.01. The zero-order valence-corrected chi connectivity index (χ0v) is 12.6. The van der Waals surface area contributed by atoms with Gasteiger partial charge in [-0.25, -0.2) is 4.98 Å². The van der Waals surface area contributed by atoms with Gasteiger partial charge in [0.2, 0.25) is 5.91 Å². The van der Waals surface area contributed by atoms with Gasteiger partial charge in [-0.05, 0) is 38.1 Å². The Kier molecular flexibility index (Phi) is 3.61. The minimum atomic E-state index is 0.0600. The highest BCUT2D eigenvalue weighted by molar-refractivity contribution is 7.10. The number of aromatic amines is 1. The lowest BCUT2D eigenvalue weighted by Gasteiger charge is -2.22. The highest BCUT2D eigenvalue weighted by Gasteiger charge is 2.27. The lowest BCUT2D eigenvalue weighted by atomic mass is 9.89. The lowest BCUT2D eigenvalue weighted by molar-refractivity contribution is -0.126. The van der Waals surface area contributed by atoms with Gasteiger partial charge in [0.05, 0.1) is 11.7 Å². The first kappa shape index (κ1) is 13.4. The minimum absolute atomic E-state index is 0.0600. The molecule has 0 saturated heterocycles. The van der Waals surface area contributed by atoms with E-state index in [-0.39, 0.29) is 17.9 Å². The van der Waals surface area contributed by atoms with Crippen molar-refractivity contribution in [3.63, 3.8) is 0 Å². The number of carbonyl (C=O) groups is 1. The average Bonchev–Trinajstić information content (AvgIpc) is 3.05. The van der Waals surface area contributed by atoms with Crippen molar-refractivity contribution in [3.05, 3.63) is 39.6 Å². The Morgan fingerprint density at radius 1 is 1.60 bits per heavy atom. The van der Waals surface area contributed by atoms with Crippen molar-refractivity contribution in [3.8, 4) is 0 Å². The van der Waals surface area contributed by atoms with Crippen molar-refractivity contribution < 1.29 is 4.79 Å². The van der Waals surface area contributed by atoms with Crippen LogP contribution in [0.1, 0.15) is 41.5 Å². The summed E-state index contributed by atoms with van der Waals surface area (Å²) in [5, 5.41) is 5.17. The number of hydrogen-bond acceptors (Lipinski definition) is 3. The van der Waals surface area contributed by atoms with Crippen LogP contribution >= 0.6 is 11.3 Å². The van der Waals surface area contributed by atoms with Crippen LogP contribution in [0.15, 0.2) is 17.5 Å². The SMILES string of the molecule is Cc1nc2c([nH]1)CC(C(=O)NC(C)c1cccs1)CC2. The van der Waals surface area contributed by atoms with E-state index in [0.29, 0.717) is 0 Å². The van der Waals surface area contributed by atoms with Crippen LogP contribution in [-0.2, 0) is 17.6 Å². The number of nitrogens with zero attached hydrogens (tertiary/aromatic N) is 1. The Morgan fingerprint density at radius 2 is 2.45 bits per heavy atom. The van der Waals surface area contributed by atoms with E-state index in [1.54, 1.807) is 11.3 Å². The molecule has 20 heavy (non-hydrogen) atoms. The summed E-state index contributed by atoms with van der Waals surface area (Å²) >= 11 is 1.68. The number of thiophene rings is 1. The molecule has 2 aromatic heterocycles. The normalized spacial score (nSPS) is 19.4. The molecule has 0 spiro atoms. The van der Waals surface area contributed by atoms with Crippen molar-refractivity contribution in [2.45, 2.75) is 39.2 Å². The first-order valence-corrected chi connectivity index (χ1v) is 7.89. The molecule has 2 heterocycles. The van der Waals surface area contributed by atoms with E-state index in [9.17, 15) is 4.79 Å². The number of H-pyrrole nitrogens is 1. The second-order valence-corrected chi connectivity index (χ2v) is 6.41. The lowest BCUT2D eigenvalue weighted by Crippen LogP contribution is -2.35. The summed E-state index contributed by atoms with van der Waals surface area (Å²) in [6.07, 6.45) is 2.56. The van der Waals surface area contributed by atoms with E-state index < -0.39 is 0 Å². The molecule has 5 heteroatoms. The summed E-state index contributed by atoms with van der Waals surface area (Å²) < 4.78 is 0. The van der Waals surface area contributed by atoms with Crippen molar-refractivity contribution >= 4 is 17.2 Å². The molecule has 1 amide bonds. The van der Waals surface area contributed by atoms with Crippen LogP contribution in [0, 0.1) is 12.8 Å². The smallest absolute Gasteiger partial charge is 0.224 e. The summed E-state index contributed by atoms with van der Waals surface area (Å²) in [5.74, 6) is 1.16. The largest absolute Gasteiger partial charge is 0.349 e.